The van der Waals surface area contributed by atoms with Crippen molar-refractivity contribution in [3.63, 3.8) is 0 Å². The van der Waals surface area contributed by atoms with E-state index in [1.165, 1.54) is 0 Å². The largest absolute Gasteiger partial charge is 0.417 e. The fourth-order valence-corrected chi connectivity index (χ4v) is 8.81. The molecule has 0 fully saturated rings. The van der Waals surface area contributed by atoms with Crippen molar-refractivity contribution in [2.24, 2.45) is 0 Å². The van der Waals surface area contributed by atoms with E-state index in [1.54, 1.807) is 12.1 Å². The van der Waals surface area contributed by atoms with E-state index < -0.39 is 29.0 Å². The van der Waals surface area contributed by atoms with Gasteiger partial charge in [0.25, 0.3) is 0 Å². The van der Waals surface area contributed by atoms with Gasteiger partial charge in [0.1, 0.15) is 0 Å². The molecule has 8 aromatic rings. The maximum atomic E-state index is 15.5. The lowest BCUT2D eigenvalue weighted by Gasteiger charge is -2.24. The van der Waals surface area contributed by atoms with Crippen LogP contribution in [0.5, 0.6) is 0 Å². The number of para-hydroxylation sites is 1. The lowest BCUT2D eigenvalue weighted by molar-refractivity contribution is -0.142. The number of allylic oxidation sites excluding steroid dienone is 6. The molecule has 6 aromatic carbocycles. The van der Waals surface area contributed by atoms with Crippen molar-refractivity contribution < 1.29 is 26.3 Å². The number of aromatic nitrogens is 2. The Morgan fingerprint density at radius 2 is 1.28 bits per heavy atom. The molecule has 0 radical (unpaired) electrons. The Labute approximate surface area is 339 Å². The van der Waals surface area contributed by atoms with Crippen molar-refractivity contribution in [1.29, 1.82) is 5.26 Å². The summed E-state index contributed by atoms with van der Waals surface area (Å²) in [5.74, 6) is 0. The average molecular weight is 800 g/mol. The van der Waals surface area contributed by atoms with Crippen molar-refractivity contribution in [3.05, 3.63) is 191 Å². The number of fused-ring (bicyclic) bond motifs is 6. The molecule has 2 aromatic heterocycles. The molecule has 0 unspecified atom stereocenters. The van der Waals surface area contributed by atoms with E-state index in [9.17, 15) is 18.4 Å². The average Bonchev–Trinajstić information content (AvgIpc) is 3.77. The monoisotopic (exact) mass is 799 g/mol. The van der Waals surface area contributed by atoms with Crippen LogP contribution in [0.15, 0.2) is 158 Å². The van der Waals surface area contributed by atoms with Gasteiger partial charge in [-0.05, 0) is 94.4 Å². The summed E-state index contributed by atoms with van der Waals surface area (Å²) in [4.78, 5) is 0. The number of halogens is 6. The minimum atomic E-state index is -5.20. The SMILES string of the molecule is N#Cc1cc(-n2c3c(c4ccc(=C5C=CC=CC5)cc42)CC=CC=3)c(-c2ccc(C(F)(F)F)cc2C(F)(F)F)c(-n2c3ccccc3c3ccc(-c4ccccc4)cc32)c1. The zero-order valence-electron chi connectivity index (χ0n) is 31.6. The molecule has 2 aliphatic carbocycles. The van der Waals surface area contributed by atoms with Crippen molar-refractivity contribution in [2.75, 3.05) is 0 Å². The molecule has 3 nitrogen and oxygen atoms in total. The summed E-state index contributed by atoms with van der Waals surface area (Å²) in [5.41, 5.74) is 2.99. The van der Waals surface area contributed by atoms with Gasteiger partial charge in [-0.3, -0.25) is 0 Å². The maximum Gasteiger partial charge on any atom is 0.417 e. The molecule has 0 saturated carbocycles. The summed E-state index contributed by atoms with van der Waals surface area (Å²) in [5, 5.41) is 14.8. The standard InChI is InChI=1S/C51H31F6N3/c52-50(53,54)36-21-24-41(42(29-36)51(55,56)57)49-47(59-43-17-9-7-15-37(43)39-22-19-34(27-45(39)59)32-11-3-1-4-12-32)25-31(30-58)26-48(49)60-44-18-10-8-16-38(44)40-23-20-35(28-46(40)60)33-13-5-2-6-14-33/h1-13,15,17-29H,14,16H2. The highest BCUT2D eigenvalue weighted by molar-refractivity contribution is 6.11. The molecule has 0 bridgehead atoms. The predicted octanol–water partition coefficient (Wildman–Crippen LogP) is 12.5. The molecule has 0 N–H and O–H groups in total. The molecule has 0 spiro atoms. The first-order valence-electron chi connectivity index (χ1n) is 19.3. The highest BCUT2D eigenvalue weighted by atomic mass is 19.4. The molecule has 60 heavy (non-hydrogen) atoms. The smallest absolute Gasteiger partial charge is 0.309 e. The second kappa shape index (κ2) is 13.9. The third-order valence-corrected chi connectivity index (χ3v) is 11.5. The van der Waals surface area contributed by atoms with Crippen LogP contribution in [0.1, 0.15) is 28.7 Å². The Balaban J connectivity index is 1.42. The maximum absolute atomic E-state index is 15.5. The summed E-state index contributed by atoms with van der Waals surface area (Å²) >= 11 is 0. The Kier molecular flexibility index (Phi) is 8.58. The zero-order chi connectivity index (χ0) is 41.3. The van der Waals surface area contributed by atoms with Crippen molar-refractivity contribution in [2.45, 2.75) is 25.2 Å². The van der Waals surface area contributed by atoms with Gasteiger partial charge < -0.3 is 9.13 Å². The molecule has 0 amide bonds. The van der Waals surface area contributed by atoms with Gasteiger partial charge in [0.15, 0.2) is 0 Å². The summed E-state index contributed by atoms with van der Waals surface area (Å²) in [7, 11) is 0. The van der Waals surface area contributed by atoms with Crippen molar-refractivity contribution >= 4 is 44.4 Å². The van der Waals surface area contributed by atoms with Crippen molar-refractivity contribution in [1.82, 2.24) is 9.13 Å². The number of nitriles is 1. The van der Waals surface area contributed by atoms with E-state index in [1.807, 2.05) is 143 Å². The van der Waals surface area contributed by atoms with E-state index in [0.29, 0.717) is 40.8 Å². The Morgan fingerprint density at radius 1 is 0.567 bits per heavy atom. The molecule has 10 rings (SSSR count). The number of alkyl halides is 6. The Bertz CT molecular complexity index is 3350. The van der Waals surface area contributed by atoms with Gasteiger partial charge in [-0.1, -0.05) is 115 Å². The van der Waals surface area contributed by atoms with Crippen LogP contribution in [-0.4, -0.2) is 9.13 Å². The van der Waals surface area contributed by atoms with Crippen LogP contribution in [0, 0.1) is 11.3 Å². The number of hydrogen-bond donors (Lipinski definition) is 0. The third-order valence-electron chi connectivity index (χ3n) is 11.5. The third kappa shape index (κ3) is 6.06. The Morgan fingerprint density at radius 3 is 2.03 bits per heavy atom. The predicted molar refractivity (Wildman–Crippen MR) is 226 cm³/mol. The summed E-state index contributed by atoms with van der Waals surface area (Å²) < 4.78 is 92.8. The minimum Gasteiger partial charge on any atom is -0.309 e. The van der Waals surface area contributed by atoms with Crippen LogP contribution >= 0.6 is 0 Å². The summed E-state index contributed by atoms with van der Waals surface area (Å²) in [6.07, 6.45) is 4.73. The van der Waals surface area contributed by atoms with Gasteiger partial charge in [-0.2, -0.15) is 31.6 Å². The summed E-state index contributed by atoms with van der Waals surface area (Å²) in [6.45, 7) is 0. The fourth-order valence-electron chi connectivity index (χ4n) is 8.81. The van der Waals surface area contributed by atoms with Gasteiger partial charge >= 0.3 is 12.4 Å². The minimum absolute atomic E-state index is 0.0176. The van der Waals surface area contributed by atoms with Crippen LogP contribution in [0.3, 0.4) is 0 Å². The van der Waals surface area contributed by atoms with Crippen LogP contribution < -0.4 is 10.6 Å². The lowest BCUT2D eigenvalue weighted by Crippen LogP contribution is -2.21. The van der Waals surface area contributed by atoms with Crippen LogP contribution in [0.25, 0.3) is 78.0 Å². The molecule has 0 saturated heterocycles. The van der Waals surface area contributed by atoms with Gasteiger partial charge in [0.05, 0.1) is 56.0 Å². The summed E-state index contributed by atoms with van der Waals surface area (Å²) in [6, 6.07) is 36.3. The topological polar surface area (TPSA) is 33.6 Å². The van der Waals surface area contributed by atoms with Gasteiger partial charge in [-0.15, -0.1) is 0 Å². The molecule has 9 heteroatoms. The number of rotatable bonds is 4. The lowest BCUT2D eigenvalue weighted by atomic mass is 9.92. The quantitative estimate of drug-likeness (QED) is 0.163. The second-order valence-electron chi connectivity index (χ2n) is 15.0. The van der Waals surface area contributed by atoms with Gasteiger partial charge in [-0.25, -0.2) is 0 Å². The van der Waals surface area contributed by atoms with Crippen LogP contribution in [0.2, 0.25) is 0 Å². The highest BCUT2D eigenvalue weighted by Gasteiger charge is 2.40. The van der Waals surface area contributed by atoms with E-state index in [-0.39, 0.29) is 28.6 Å². The zero-order valence-corrected chi connectivity index (χ0v) is 31.6. The van der Waals surface area contributed by atoms with E-state index in [4.69, 9.17) is 0 Å². The van der Waals surface area contributed by atoms with E-state index >= 15 is 13.2 Å². The molecular weight excluding hydrogens is 769 g/mol. The normalized spacial score (nSPS) is 14.8. The molecular formula is C51H31F6N3. The van der Waals surface area contributed by atoms with Gasteiger partial charge in [0, 0.05) is 21.7 Å². The number of hydrogen-bond acceptors (Lipinski definition) is 1. The second-order valence-corrected chi connectivity index (χ2v) is 15.0. The first-order valence-corrected chi connectivity index (χ1v) is 19.3. The van der Waals surface area contributed by atoms with Crippen molar-refractivity contribution in [3.8, 4) is 39.7 Å². The molecule has 2 heterocycles. The molecule has 0 atom stereocenters. The molecule has 292 valence electrons. The molecule has 0 aliphatic heterocycles. The van der Waals surface area contributed by atoms with E-state index in [2.05, 4.69) is 6.07 Å². The molecule has 2 aliphatic rings. The fraction of sp³-hybridized carbons (Fsp3) is 0.0784. The van der Waals surface area contributed by atoms with Crippen LogP contribution in [0.4, 0.5) is 26.3 Å². The Hall–Kier alpha value is -7.31. The first-order chi connectivity index (χ1) is 29.0. The first kappa shape index (κ1) is 37.0. The number of nitrogens with zero attached hydrogens (tertiary/aromatic N) is 3. The van der Waals surface area contributed by atoms with Crippen LogP contribution in [-0.2, 0) is 18.8 Å². The van der Waals surface area contributed by atoms with E-state index in [0.717, 1.165) is 49.7 Å². The van der Waals surface area contributed by atoms with Gasteiger partial charge in [0.2, 0.25) is 0 Å². The number of benzene rings is 6. The highest BCUT2D eigenvalue weighted by Crippen LogP contribution is 2.47.